The van der Waals surface area contributed by atoms with Crippen LogP contribution < -0.4 is 0 Å². The predicted octanol–water partition coefficient (Wildman–Crippen LogP) is 4.54. The van der Waals surface area contributed by atoms with Gasteiger partial charge in [-0.2, -0.15) is 0 Å². The maximum atomic E-state index is 10.3. The van der Waals surface area contributed by atoms with Gasteiger partial charge in [-0.3, -0.25) is 5.41 Å². The molecule has 1 aliphatic rings. The number of thiazole rings is 1. The van der Waals surface area contributed by atoms with Gasteiger partial charge in [-0.1, -0.05) is 26.7 Å². The monoisotopic (exact) mass is 321 g/mol. The van der Waals surface area contributed by atoms with Gasteiger partial charge in [0.2, 0.25) is 0 Å². The zero-order valence-electron chi connectivity index (χ0n) is 14.2. The molecule has 1 atom stereocenters. The highest BCUT2D eigenvalue weighted by Crippen LogP contribution is 2.33. The van der Waals surface area contributed by atoms with Crippen LogP contribution in [0.5, 0.6) is 0 Å². The third kappa shape index (κ3) is 3.51. The second kappa shape index (κ2) is 6.82. The number of hydrogen-bond acceptors (Lipinski definition) is 4. The molecule has 1 aliphatic heterocycles. The lowest BCUT2D eigenvalue weighted by atomic mass is 10.0. The maximum absolute atomic E-state index is 10.3. The summed E-state index contributed by atoms with van der Waals surface area (Å²) < 4.78 is 0. The largest absolute Gasteiger partial charge is 0.510 e. The molecular weight excluding hydrogens is 294 g/mol. The number of aryl methyl sites for hydroxylation is 2. The molecule has 0 spiro atoms. The van der Waals surface area contributed by atoms with Crippen molar-refractivity contribution >= 4 is 22.7 Å². The molecule has 4 nitrogen and oxygen atoms in total. The number of aromatic nitrogens is 1. The fraction of sp³-hybridized carbons (Fsp3) is 0.647. The van der Waals surface area contributed by atoms with Crippen LogP contribution in [0.4, 0.5) is 0 Å². The molecule has 2 N–H and O–H groups in total. The summed E-state index contributed by atoms with van der Waals surface area (Å²) >= 11 is 1.56. The van der Waals surface area contributed by atoms with Crippen molar-refractivity contribution in [3.8, 4) is 0 Å². The van der Waals surface area contributed by atoms with E-state index >= 15 is 0 Å². The van der Waals surface area contributed by atoms with Crippen molar-refractivity contribution in [2.45, 2.75) is 59.9 Å². The van der Waals surface area contributed by atoms with Gasteiger partial charge in [-0.15, -0.1) is 11.3 Å². The van der Waals surface area contributed by atoms with E-state index in [9.17, 15) is 5.11 Å². The molecule has 0 saturated heterocycles. The molecule has 0 fully saturated rings. The number of aliphatic hydroxyl groups is 1. The van der Waals surface area contributed by atoms with E-state index in [1.807, 2.05) is 18.7 Å². The van der Waals surface area contributed by atoms with Crippen molar-refractivity contribution in [3.63, 3.8) is 0 Å². The summed E-state index contributed by atoms with van der Waals surface area (Å²) in [7, 11) is 0. The van der Waals surface area contributed by atoms with E-state index in [-0.39, 0.29) is 11.8 Å². The summed E-state index contributed by atoms with van der Waals surface area (Å²) in [5.74, 6) is 1.42. The Bertz CT molecular complexity index is 569. The SMILES string of the molecule is Cc1nc(C2=C(O)CN(C(C)CCCC(C)C)C2=N)sc1C. The second-order valence-corrected chi connectivity index (χ2v) is 7.84. The van der Waals surface area contributed by atoms with Gasteiger partial charge in [0.15, 0.2) is 0 Å². The number of hydrogen-bond donors (Lipinski definition) is 2. The minimum absolute atomic E-state index is 0.271. The molecule has 1 aromatic heterocycles. The Hall–Kier alpha value is -1.36. The van der Waals surface area contributed by atoms with Crippen molar-refractivity contribution in [2.24, 2.45) is 5.92 Å². The summed E-state index contributed by atoms with van der Waals surface area (Å²) in [6.07, 6.45) is 3.42. The van der Waals surface area contributed by atoms with E-state index in [1.165, 1.54) is 6.42 Å². The van der Waals surface area contributed by atoms with Gasteiger partial charge < -0.3 is 10.0 Å². The molecule has 22 heavy (non-hydrogen) atoms. The van der Waals surface area contributed by atoms with E-state index in [0.717, 1.165) is 28.4 Å². The van der Waals surface area contributed by atoms with Gasteiger partial charge in [0, 0.05) is 10.9 Å². The van der Waals surface area contributed by atoms with Gasteiger partial charge in [0.1, 0.15) is 16.6 Å². The van der Waals surface area contributed by atoms with Crippen LogP contribution in [0.2, 0.25) is 0 Å². The molecule has 1 unspecified atom stereocenters. The van der Waals surface area contributed by atoms with Gasteiger partial charge >= 0.3 is 0 Å². The molecular formula is C17H27N3OS. The van der Waals surface area contributed by atoms with Gasteiger partial charge in [-0.05, 0) is 33.1 Å². The first-order valence-electron chi connectivity index (χ1n) is 8.03. The highest BCUT2D eigenvalue weighted by Gasteiger charge is 2.32. The molecule has 2 heterocycles. The highest BCUT2D eigenvalue weighted by atomic mass is 32.1. The fourth-order valence-electron chi connectivity index (χ4n) is 2.76. The highest BCUT2D eigenvalue weighted by molar-refractivity contribution is 7.13. The Morgan fingerprint density at radius 3 is 2.50 bits per heavy atom. The normalized spacial score (nSPS) is 17.0. The minimum atomic E-state index is 0.271. The average Bonchev–Trinajstić information content (AvgIpc) is 2.89. The van der Waals surface area contributed by atoms with Crippen LogP contribution in [0.25, 0.3) is 5.57 Å². The van der Waals surface area contributed by atoms with E-state index in [1.54, 1.807) is 11.3 Å². The summed E-state index contributed by atoms with van der Waals surface area (Å²) in [6.45, 7) is 11.1. The third-order valence-electron chi connectivity index (χ3n) is 4.31. The zero-order chi connectivity index (χ0) is 16.4. The second-order valence-electron chi connectivity index (χ2n) is 6.63. The summed E-state index contributed by atoms with van der Waals surface area (Å²) in [4.78, 5) is 7.65. The van der Waals surface area contributed by atoms with Gasteiger partial charge in [-0.25, -0.2) is 4.98 Å². The molecule has 0 bridgehead atoms. The molecule has 1 aromatic rings. The number of aliphatic hydroxyl groups excluding tert-OH is 1. The molecule has 122 valence electrons. The standard InChI is InChI=1S/C17H27N3OS/c1-10(2)7-6-8-11(3)20-9-14(21)15(16(20)18)17-19-12(4)13(5)22-17/h10-11,18,21H,6-9H2,1-5H3. The van der Waals surface area contributed by atoms with Crippen LogP contribution in [0.15, 0.2) is 5.76 Å². The van der Waals surface area contributed by atoms with Crippen molar-refractivity contribution in [1.29, 1.82) is 5.41 Å². The minimum Gasteiger partial charge on any atom is -0.510 e. The Labute approximate surface area is 137 Å². The summed E-state index contributed by atoms with van der Waals surface area (Å²) in [5.41, 5.74) is 1.61. The summed E-state index contributed by atoms with van der Waals surface area (Å²) in [6, 6.07) is 0.271. The lowest BCUT2D eigenvalue weighted by Crippen LogP contribution is -2.35. The van der Waals surface area contributed by atoms with Crippen molar-refractivity contribution in [1.82, 2.24) is 9.88 Å². The third-order valence-corrected chi connectivity index (χ3v) is 5.40. The Balaban J connectivity index is 2.06. The molecule has 5 heteroatoms. The molecule has 0 aliphatic carbocycles. The molecule has 0 radical (unpaired) electrons. The van der Waals surface area contributed by atoms with Crippen molar-refractivity contribution in [3.05, 3.63) is 21.3 Å². The average molecular weight is 321 g/mol. The smallest absolute Gasteiger partial charge is 0.135 e. The quantitative estimate of drug-likeness (QED) is 0.809. The van der Waals surface area contributed by atoms with E-state index in [2.05, 4.69) is 25.8 Å². The molecule has 0 saturated carbocycles. The first kappa shape index (κ1) is 17.0. The van der Waals surface area contributed by atoms with Crippen molar-refractivity contribution < 1.29 is 5.11 Å². The van der Waals surface area contributed by atoms with E-state index in [0.29, 0.717) is 23.9 Å². The van der Waals surface area contributed by atoms with Gasteiger partial charge in [0.25, 0.3) is 0 Å². The Kier molecular flexibility index (Phi) is 5.27. The number of nitrogens with zero attached hydrogens (tertiary/aromatic N) is 2. The summed E-state index contributed by atoms with van der Waals surface area (Å²) in [5, 5.41) is 19.5. The maximum Gasteiger partial charge on any atom is 0.135 e. The fourth-order valence-corrected chi connectivity index (χ4v) is 3.74. The Morgan fingerprint density at radius 2 is 1.95 bits per heavy atom. The molecule has 0 amide bonds. The van der Waals surface area contributed by atoms with E-state index < -0.39 is 0 Å². The number of nitrogens with one attached hydrogen (secondary N) is 1. The van der Waals surface area contributed by atoms with E-state index in [4.69, 9.17) is 5.41 Å². The lowest BCUT2D eigenvalue weighted by molar-refractivity contribution is 0.289. The van der Waals surface area contributed by atoms with Crippen LogP contribution in [0, 0.1) is 25.2 Å². The first-order chi connectivity index (χ1) is 10.3. The van der Waals surface area contributed by atoms with Crippen LogP contribution >= 0.6 is 11.3 Å². The number of amidine groups is 1. The number of rotatable bonds is 6. The van der Waals surface area contributed by atoms with Crippen LogP contribution in [0.1, 0.15) is 55.6 Å². The van der Waals surface area contributed by atoms with Crippen molar-refractivity contribution in [2.75, 3.05) is 6.54 Å². The van der Waals surface area contributed by atoms with Crippen LogP contribution in [-0.2, 0) is 0 Å². The zero-order valence-corrected chi connectivity index (χ0v) is 15.0. The van der Waals surface area contributed by atoms with Gasteiger partial charge in [0.05, 0.1) is 17.8 Å². The lowest BCUT2D eigenvalue weighted by Gasteiger charge is -2.26. The predicted molar refractivity (Wildman–Crippen MR) is 93.7 cm³/mol. The molecule has 2 rings (SSSR count). The first-order valence-corrected chi connectivity index (χ1v) is 8.85. The topological polar surface area (TPSA) is 60.2 Å². The molecule has 0 aromatic carbocycles. The van der Waals surface area contributed by atoms with Crippen LogP contribution in [0.3, 0.4) is 0 Å². The Morgan fingerprint density at radius 1 is 1.27 bits per heavy atom. The van der Waals surface area contributed by atoms with Crippen LogP contribution in [-0.4, -0.2) is 33.4 Å².